The lowest BCUT2D eigenvalue weighted by molar-refractivity contribution is -0.136. The zero-order valence-electron chi connectivity index (χ0n) is 14.1. The van der Waals surface area contributed by atoms with Crippen molar-refractivity contribution in [2.75, 3.05) is 12.4 Å². The van der Waals surface area contributed by atoms with Crippen LogP contribution < -0.4 is 10.6 Å². The second kappa shape index (κ2) is 6.92. The number of halogens is 2. The molecule has 0 radical (unpaired) electrons. The highest BCUT2D eigenvalue weighted by Crippen LogP contribution is 2.36. The summed E-state index contributed by atoms with van der Waals surface area (Å²) in [5.41, 5.74) is 1.13. The Morgan fingerprint density at radius 3 is 2.60 bits per heavy atom. The number of hydrogen-bond acceptors (Lipinski definition) is 3. The molecule has 2 amide bonds. The summed E-state index contributed by atoms with van der Waals surface area (Å²) in [7, 11) is 1.84. The van der Waals surface area contributed by atoms with Gasteiger partial charge < -0.3 is 15.5 Å². The predicted molar refractivity (Wildman–Crippen MR) is 95.4 cm³/mol. The second-order valence-electron chi connectivity index (χ2n) is 7.25. The first-order valence-corrected chi connectivity index (χ1v) is 8.63. The fourth-order valence-electron chi connectivity index (χ4n) is 4.43. The molecule has 7 heteroatoms. The molecule has 0 aliphatic carbocycles. The van der Waals surface area contributed by atoms with Crippen molar-refractivity contribution in [2.45, 2.75) is 56.1 Å². The zero-order chi connectivity index (χ0) is 16.8. The van der Waals surface area contributed by atoms with Gasteiger partial charge in [0.1, 0.15) is 5.82 Å². The Kier molecular flexibility index (Phi) is 5.02. The molecule has 3 atom stereocenters. The van der Waals surface area contributed by atoms with Crippen LogP contribution in [0, 0.1) is 5.82 Å². The summed E-state index contributed by atoms with van der Waals surface area (Å²) in [5, 5.41) is 6.25. The molecule has 2 N–H and O–H groups in total. The largest absolute Gasteiger partial charge is 0.342 e. The van der Waals surface area contributed by atoms with Gasteiger partial charge in [0.25, 0.3) is 0 Å². The van der Waals surface area contributed by atoms with E-state index in [0.717, 1.165) is 12.8 Å². The third-order valence-electron chi connectivity index (χ3n) is 5.70. The summed E-state index contributed by atoms with van der Waals surface area (Å²) < 4.78 is 13.4. The highest BCUT2D eigenvalue weighted by atomic mass is 35.5. The molecule has 1 aromatic carbocycles. The molecule has 3 unspecified atom stereocenters. The summed E-state index contributed by atoms with van der Waals surface area (Å²) >= 11 is 0. The molecule has 2 saturated heterocycles. The Morgan fingerprint density at radius 2 is 1.92 bits per heavy atom. The Bertz CT molecular complexity index is 687. The minimum atomic E-state index is -0.521. The minimum absolute atomic E-state index is 0. The van der Waals surface area contributed by atoms with Crippen molar-refractivity contribution in [2.24, 2.45) is 0 Å². The van der Waals surface area contributed by atoms with Crippen LogP contribution >= 0.6 is 12.4 Å². The van der Waals surface area contributed by atoms with E-state index in [4.69, 9.17) is 0 Å². The molecule has 2 fully saturated rings. The molecular weight excluding hydrogens is 345 g/mol. The molecule has 0 spiro atoms. The zero-order valence-corrected chi connectivity index (χ0v) is 14.9. The highest BCUT2D eigenvalue weighted by molar-refractivity contribution is 6.01. The van der Waals surface area contributed by atoms with E-state index in [1.54, 1.807) is 6.07 Å². The third kappa shape index (κ3) is 3.37. The molecule has 25 heavy (non-hydrogen) atoms. The summed E-state index contributed by atoms with van der Waals surface area (Å²) in [6, 6.07) is 5.47. The number of piperidine rings is 1. The standard InChI is InChI=1S/C18H22FN3O2.ClH/c1-22(13-7-11-3-4-12(8-13)20-11)18(24)15-9-17(23)21-16-6-10(19)2-5-14(15)16;/h2,5-6,11-13,15,20H,3-4,7-9H2,1H3,(H,21,23);1H. The molecule has 2 bridgehead atoms. The SMILES string of the molecule is CN(C(=O)C1CC(=O)Nc2cc(F)ccc21)C1CC2CCC(C1)N2.Cl. The number of anilines is 1. The van der Waals surface area contributed by atoms with Gasteiger partial charge in [-0.15, -0.1) is 12.4 Å². The van der Waals surface area contributed by atoms with Crippen LogP contribution in [0.4, 0.5) is 10.1 Å². The average Bonchev–Trinajstić information content (AvgIpc) is 2.90. The van der Waals surface area contributed by atoms with Crippen LogP contribution in [-0.4, -0.2) is 41.9 Å². The summed E-state index contributed by atoms with van der Waals surface area (Å²) in [6.45, 7) is 0. The number of carbonyl (C=O) groups is 2. The van der Waals surface area contributed by atoms with Crippen LogP contribution in [0.15, 0.2) is 18.2 Å². The van der Waals surface area contributed by atoms with E-state index < -0.39 is 11.7 Å². The van der Waals surface area contributed by atoms with Crippen LogP contribution in [0.1, 0.15) is 43.6 Å². The molecular formula is C18H23ClFN3O2. The predicted octanol–water partition coefficient (Wildman–Crippen LogP) is 2.41. The van der Waals surface area contributed by atoms with Crippen molar-refractivity contribution in [3.8, 4) is 0 Å². The fourth-order valence-corrected chi connectivity index (χ4v) is 4.43. The van der Waals surface area contributed by atoms with Gasteiger partial charge in [0, 0.05) is 37.3 Å². The lowest BCUT2D eigenvalue weighted by atomic mass is 9.88. The molecule has 0 aromatic heterocycles. The second-order valence-corrected chi connectivity index (χ2v) is 7.25. The number of nitrogens with zero attached hydrogens (tertiary/aromatic N) is 1. The van der Waals surface area contributed by atoms with E-state index in [0.29, 0.717) is 23.3 Å². The van der Waals surface area contributed by atoms with Crippen LogP contribution in [-0.2, 0) is 9.59 Å². The number of amides is 2. The summed E-state index contributed by atoms with van der Waals surface area (Å²) in [4.78, 5) is 26.8. The fraction of sp³-hybridized carbons (Fsp3) is 0.556. The quantitative estimate of drug-likeness (QED) is 0.843. The van der Waals surface area contributed by atoms with E-state index >= 15 is 0 Å². The van der Waals surface area contributed by atoms with E-state index in [1.807, 2.05) is 11.9 Å². The number of fused-ring (bicyclic) bond motifs is 3. The monoisotopic (exact) mass is 367 g/mol. The van der Waals surface area contributed by atoms with Gasteiger partial charge in [-0.2, -0.15) is 0 Å². The molecule has 3 heterocycles. The molecule has 136 valence electrons. The normalized spacial score (nSPS) is 30.1. The number of carbonyl (C=O) groups excluding carboxylic acids is 2. The van der Waals surface area contributed by atoms with Gasteiger partial charge in [-0.05, 0) is 43.4 Å². The Labute approximate surface area is 152 Å². The number of rotatable bonds is 2. The van der Waals surface area contributed by atoms with Crippen LogP contribution in [0.2, 0.25) is 0 Å². The van der Waals surface area contributed by atoms with E-state index in [-0.39, 0.29) is 36.7 Å². The van der Waals surface area contributed by atoms with Gasteiger partial charge in [0.15, 0.2) is 0 Å². The van der Waals surface area contributed by atoms with Gasteiger partial charge in [-0.1, -0.05) is 6.07 Å². The summed E-state index contributed by atoms with van der Waals surface area (Å²) in [5.74, 6) is -1.20. The van der Waals surface area contributed by atoms with Crippen molar-refractivity contribution >= 4 is 29.9 Å². The van der Waals surface area contributed by atoms with Gasteiger partial charge in [-0.3, -0.25) is 9.59 Å². The molecule has 3 aliphatic rings. The maximum absolute atomic E-state index is 13.4. The lowest BCUT2D eigenvalue weighted by Crippen LogP contribution is -2.50. The van der Waals surface area contributed by atoms with Crippen molar-refractivity contribution in [1.29, 1.82) is 0 Å². The first-order chi connectivity index (χ1) is 11.5. The van der Waals surface area contributed by atoms with Gasteiger partial charge in [-0.25, -0.2) is 4.39 Å². The Hall–Kier alpha value is -1.66. The van der Waals surface area contributed by atoms with E-state index in [1.165, 1.54) is 25.0 Å². The first-order valence-electron chi connectivity index (χ1n) is 8.63. The third-order valence-corrected chi connectivity index (χ3v) is 5.70. The lowest BCUT2D eigenvalue weighted by Gasteiger charge is -2.38. The van der Waals surface area contributed by atoms with Crippen LogP contribution in [0.5, 0.6) is 0 Å². The number of likely N-dealkylation sites (N-methyl/N-ethyl adjacent to an activating group) is 1. The van der Waals surface area contributed by atoms with Crippen molar-refractivity contribution < 1.29 is 14.0 Å². The number of benzene rings is 1. The van der Waals surface area contributed by atoms with E-state index in [9.17, 15) is 14.0 Å². The number of hydrogen-bond donors (Lipinski definition) is 2. The van der Waals surface area contributed by atoms with Crippen molar-refractivity contribution in [3.05, 3.63) is 29.6 Å². The maximum Gasteiger partial charge on any atom is 0.230 e. The van der Waals surface area contributed by atoms with Crippen molar-refractivity contribution in [1.82, 2.24) is 10.2 Å². The highest BCUT2D eigenvalue weighted by Gasteiger charge is 2.39. The van der Waals surface area contributed by atoms with Gasteiger partial charge >= 0.3 is 0 Å². The maximum atomic E-state index is 13.4. The molecule has 5 nitrogen and oxygen atoms in total. The first kappa shape index (κ1) is 18.1. The molecule has 1 aromatic rings. The molecule has 0 saturated carbocycles. The van der Waals surface area contributed by atoms with Crippen LogP contribution in [0.3, 0.4) is 0 Å². The summed E-state index contributed by atoms with van der Waals surface area (Å²) in [6.07, 6.45) is 4.41. The van der Waals surface area contributed by atoms with Gasteiger partial charge in [0.2, 0.25) is 11.8 Å². The van der Waals surface area contributed by atoms with Gasteiger partial charge in [0.05, 0.1) is 5.92 Å². The van der Waals surface area contributed by atoms with Crippen molar-refractivity contribution in [3.63, 3.8) is 0 Å². The minimum Gasteiger partial charge on any atom is -0.342 e. The Balaban J connectivity index is 0.00000182. The van der Waals surface area contributed by atoms with E-state index in [2.05, 4.69) is 10.6 Å². The molecule has 4 rings (SSSR count). The smallest absolute Gasteiger partial charge is 0.230 e. The van der Waals surface area contributed by atoms with Crippen LogP contribution in [0.25, 0.3) is 0 Å². The topological polar surface area (TPSA) is 61.4 Å². The Morgan fingerprint density at radius 1 is 1.24 bits per heavy atom. The average molecular weight is 368 g/mol. The molecule has 3 aliphatic heterocycles. The number of nitrogens with one attached hydrogen (secondary N) is 2.